The van der Waals surface area contributed by atoms with E-state index < -0.39 is 0 Å². The first-order chi connectivity index (χ1) is 9.74. The molecule has 2 rings (SSSR count). The average Bonchev–Trinajstić information content (AvgIpc) is 2.52. The summed E-state index contributed by atoms with van der Waals surface area (Å²) in [4.78, 5) is 14.4. The number of amides is 1. The van der Waals surface area contributed by atoms with Crippen molar-refractivity contribution in [3.05, 3.63) is 35.9 Å². The molecule has 110 valence electrons. The number of carbonyl (C=O) groups excluding carboxylic acids is 1. The zero-order valence-electron chi connectivity index (χ0n) is 12.1. The summed E-state index contributed by atoms with van der Waals surface area (Å²) in [7, 11) is 1.86. The van der Waals surface area contributed by atoms with Crippen molar-refractivity contribution >= 4 is 5.91 Å². The normalized spacial score (nSPS) is 22.5. The van der Waals surface area contributed by atoms with E-state index in [1.807, 2.05) is 37.4 Å². The van der Waals surface area contributed by atoms with Gasteiger partial charge in [0.15, 0.2) is 0 Å². The molecule has 2 atom stereocenters. The van der Waals surface area contributed by atoms with E-state index in [9.17, 15) is 4.79 Å². The predicted octanol–water partition coefficient (Wildman–Crippen LogP) is 1.96. The van der Waals surface area contributed by atoms with Gasteiger partial charge in [-0.05, 0) is 31.4 Å². The van der Waals surface area contributed by atoms with Crippen LogP contribution in [-0.2, 0) is 9.53 Å². The highest BCUT2D eigenvalue weighted by atomic mass is 16.5. The molecule has 0 spiro atoms. The van der Waals surface area contributed by atoms with Crippen LogP contribution in [0, 0.1) is 5.92 Å². The van der Waals surface area contributed by atoms with E-state index in [4.69, 9.17) is 10.5 Å². The van der Waals surface area contributed by atoms with Gasteiger partial charge in [0.1, 0.15) is 0 Å². The number of rotatable bonds is 5. The smallest absolute Gasteiger partial charge is 0.228 e. The third-order valence-corrected chi connectivity index (χ3v) is 3.84. The van der Waals surface area contributed by atoms with Gasteiger partial charge in [-0.2, -0.15) is 0 Å². The fourth-order valence-corrected chi connectivity index (χ4v) is 2.73. The minimum absolute atomic E-state index is 0.0751. The number of nitrogens with zero attached hydrogens (tertiary/aromatic N) is 1. The van der Waals surface area contributed by atoms with Crippen LogP contribution in [0.2, 0.25) is 0 Å². The fraction of sp³-hybridized carbons (Fsp3) is 0.562. The molecule has 1 heterocycles. The average molecular weight is 276 g/mol. The van der Waals surface area contributed by atoms with E-state index in [1.54, 1.807) is 4.90 Å². The Morgan fingerprint density at radius 3 is 2.85 bits per heavy atom. The quantitative estimate of drug-likeness (QED) is 0.894. The molecule has 0 aromatic heterocycles. The van der Waals surface area contributed by atoms with Crippen LogP contribution < -0.4 is 5.73 Å². The summed E-state index contributed by atoms with van der Waals surface area (Å²) in [5, 5.41) is 0. The Hall–Kier alpha value is -1.39. The van der Waals surface area contributed by atoms with E-state index in [2.05, 4.69) is 0 Å². The van der Waals surface area contributed by atoms with Gasteiger partial charge in [0.2, 0.25) is 5.91 Å². The first-order valence-corrected chi connectivity index (χ1v) is 7.35. The largest absolute Gasteiger partial charge is 0.373 e. The van der Waals surface area contributed by atoms with Crippen LogP contribution in [0.3, 0.4) is 0 Å². The fourth-order valence-electron chi connectivity index (χ4n) is 2.73. The van der Waals surface area contributed by atoms with Crippen LogP contribution >= 0.6 is 0 Å². The lowest BCUT2D eigenvalue weighted by Crippen LogP contribution is -2.39. The Bertz CT molecular complexity index is 422. The molecule has 1 saturated heterocycles. The van der Waals surface area contributed by atoms with Gasteiger partial charge in [0, 0.05) is 20.2 Å². The maximum absolute atomic E-state index is 12.6. The van der Waals surface area contributed by atoms with Crippen molar-refractivity contribution in [2.24, 2.45) is 11.7 Å². The third-order valence-electron chi connectivity index (χ3n) is 3.84. The van der Waals surface area contributed by atoms with Crippen LogP contribution in [0.5, 0.6) is 0 Å². The van der Waals surface area contributed by atoms with Gasteiger partial charge < -0.3 is 15.4 Å². The maximum Gasteiger partial charge on any atom is 0.228 e. The van der Waals surface area contributed by atoms with E-state index >= 15 is 0 Å². The summed E-state index contributed by atoms with van der Waals surface area (Å²) in [6.07, 6.45) is 2.57. The molecule has 2 N–H and O–H groups in total. The van der Waals surface area contributed by atoms with Gasteiger partial charge in [-0.3, -0.25) is 4.79 Å². The van der Waals surface area contributed by atoms with Gasteiger partial charge >= 0.3 is 0 Å². The predicted molar refractivity (Wildman–Crippen MR) is 79.2 cm³/mol. The maximum atomic E-state index is 12.6. The summed E-state index contributed by atoms with van der Waals surface area (Å²) >= 11 is 0. The van der Waals surface area contributed by atoms with Crippen molar-refractivity contribution in [1.82, 2.24) is 4.90 Å². The van der Waals surface area contributed by atoms with Gasteiger partial charge in [0.05, 0.1) is 12.0 Å². The van der Waals surface area contributed by atoms with Crippen molar-refractivity contribution in [3.63, 3.8) is 0 Å². The number of hydrogen-bond acceptors (Lipinski definition) is 3. The molecule has 0 radical (unpaired) electrons. The monoisotopic (exact) mass is 276 g/mol. The molecular weight excluding hydrogens is 252 g/mol. The highest BCUT2D eigenvalue weighted by Crippen LogP contribution is 2.34. The molecule has 4 nitrogen and oxygen atoms in total. The minimum Gasteiger partial charge on any atom is -0.373 e. The Kier molecular flexibility index (Phi) is 5.56. The molecule has 1 aromatic rings. The second kappa shape index (κ2) is 7.41. The van der Waals surface area contributed by atoms with Crippen LogP contribution in [-0.4, -0.2) is 37.6 Å². The first kappa shape index (κ1) is 15.0. The summed E-state index contributed by atoms with van der Waals surface area (Å²) in [6.45, 7) is 2.06. The van der Waals surface area contributed by atoms with E-state index in [1.165, 1.54) is 0 Å². The highest BCUT2D eigenvalue weighted by molar-refractivity contribution is 5.79. The summed E-state index contributed by atoms with van der Waals surface area (Å²) < 4.78 is 5.88. The Morgan fingerprint density at radius 1 is 1.40 bits per heavy atom. The van der Waals surface area contributed by atoms with E-state index in [-0.39, 0.29) is 17.9 Å². The third kappa shape index (κ3) is 3.58. The molecule has 0 saturated carbocycles. The lowest BCUT2D eigenvalue weighted by Gasteiger charge is -2.33. The first-order valence-electron chi connectivity index (χ1n) is 7.35. The number of carbonyl (C=O) groups is 1. The molecule has 4 heteroatoms. The molecule has 2 unspecified atom stereocenters. The van der Waals surface area contributed by atoms with Gasteiger partial charge in [-0.1, -0.05) is 30.3 Å². The van der Waals surface area contributed by atoms with Crippen molar-refractivity contribution in [3.8, 4) is 0 Å². The number of hydrogen-bond donors (Lipinski definition) is 1. The second-order valence-corrected chi connectivity index (χ2v) is 5.35. The standard InChI is InChI=1S/C16H24N2O2/c1-18(11-6-10-17)16(19)14-9-5-12-20-15(14)13-7-3-2-4-8-13/h2-4,7-8,14-15H,5-6,9-12,17H2,1H3. The molecular formula is C16H24N2O2. The SMILES string of the molecule is CN(CCCN)C(=O)C1CCCOC1c1ccccc1. The Balaban J connectivity index is 2.09. The zero-order chi connectivity index (χ0) is 14.4. The second-order valence-electron chi connectivity index (χ2n) is 5.35. The molecule has 20 heavy (non-hydrogen) atoms. The summed E-state index contributed by atoms with van der Waals surface area (Å²) in [6, 6.07) is 10.0. The van der Waals surface area contributed by atoms with Gasteiger partial charge in [0.25, 0.3) is 0 Å². The molecule has 1 amide bonds. The van der Waals surface area contributed by atoms with Crippen molar-refractivity contribution in [2.75, 3.05) is 26.7 Å². The zero-order valence-corrected chi connectivity index (χ0v) is 12.1. The lowest BCUT2D eigenvalue weighted by atomic mass is 9.88. The topological polar surface area (TPSA) is 55.6 Å². The molecule has 0 aliphatic carbocycles. The summed E-state index contributed by atoms with van der Waals surface area (Å²) in [5.41, 5.74) is 6.61. The highest BCUT2D eigenvalue weighted by Gasteiger charge is 2.34. The molecule has 1 aromatic carbocycles. The van der Waals surface area contributed by atoms with Crippen molar-refractivity contribution < 1.29 is 9.53 Å². The van der Waals surface area contributed by atoms with Crippen LogP contribution in [0.25, 0.3) is 0 Å². The van der Waals surface area contributed by atoms with E-state index in [0.717, 1.165) is 31.4 Å². The van der Waals surface area contributed by atoms with Crippen molar-refractivity contribution in [2.45, 2.75) is 25.4 Å². The summed E-state index contributed by atoms with van der Waals surface area (Å²) in [5.74, 6) is 0.0981. The van der Waals surface area contributed by atoms with Crippen LogP contribution in [0.1, 0.15) is 30.9 Å². The lowest BCUT2D eigenvalue weighted by molar-refractivity contribution is -0.144. The minimum atomic E-state index is -0.113. The van der Waals surface area contributed by atoms with Crippen LogP contribution in [0.15, 0.2) is 30.3 Å². The van der Waals surface area contributed by atoms with E-state index in [0.29, 0.717) is 13.1 Å². The van der Waals surface area contributed by atoms with Gasteiger partial charge in [-0.15, -0.1) is 0 Å². The molecule has 1 aliphatic heterocycles. The Morgan fingerprint density at radius 2 is 2.15 bits per heavy atom. The molecule has 1 aliphatic rings. The number of nitrogens with two attached hydrogens (primary N) is 1. The Labute approximate surface area is 120 Å². The molecule has 0 bridgehead atoms. The molecule has 1 fully saturated rings. The van der Waals surface area contributed by atoms with Crippen molar-refractivity contribution in [1.29, 1.82) is 0 Å². The number of ether oxygens (including phenoxy) is 1. The number of benzene rings is 1. The van der Waals surface area contributed by atoms with Gasteiger partial charge in [-0.25, -0.2) is 0 Å². The van der Waals surface area contributed by atoms with Crippen LogP contribution in [0.4, 0.5) is 0 Å².